The van der Waals surface area contributed by atoms with Gasteiger partial charge in [0.15, 0.2) is 9.84 Å². The van der Waals surface area contributed by atoms with Gasteiger partial charge in [0.1, 0.15) is 5.75 Å². The first-order valence-corrected chi connectivity index (χ1v) is 12.8. The number of sulfone groups is 1. The van der Waals surface area contributed by atoms with Crippen molar-refractivity contribution in [2.45, 2.75) is 38.4 Å². The van der Waals surface area contributed by atoms with Crippen molar-refractivity contribution < 1.29 is 27.5 Å². The lowest BCUT2D eigenvalue weighted by atomic mass is 9.85. The van der Waals surface area contributed by atoms with Crippen LogP contribution in [0, 0.1) is 0 Å². The van der Waals surface area contributed by atoms with Crippen molar-refractivity contribution >= 4 is 39.1 Å². The van der Waals surface area contributed by atoms with E-state index in [1.54, 1.807) is 30.3 Å². The van der Waals surface area contributed by atoms with Crippen LogP contribution in [0.5, 0.6) is 5.75 Å². The van der Waals surface area contributed by atoms with Crippen LogP contribution in [-0.4, -0.2) is 46.2 Å². The number of methoxy groups -OCH3 is 1. The number of nitrogens with zero attached hydrogens (tertiary/aromatic N) is 1. The van der Waals surface area contributed by atoms with Gasteiger partial charge in [0.25, 0.3) is 5.91 Å². The lowest BCUT2D eigenvalue weighted by Gasteiger charge is -2.30. The summed E-state index contributed by atoms with van der Waals surface area (Å²) in [6.07, 6.45) is 1.32. The number of nitrogens with one attached hydrogen (secondary N) is 2. The third-order valence-corrected chi connectivity index (χ3v) is 6.20. The van der Waals surface area contributed by atoms with E-state index in [9.17, 15) is 22.8 Å². The highest BCUT2D eigenvalue weighted by Crippen LogP contribution is 2.41. The van der Waals surface area contributed by atoms with Gasteiger partial charge in [-0.2, -0.15) is 0 Å². The number of urea groups is 1. The summed E-state index contributed by atoms with van der Waals surface area (Å²) in [4.78, 5) is 38.5. The lowest BCUT2D eigenvalue weighted by Crippen LogP contribution is -2.49. The van der Waals surface area contributed by atoms with Gasteiger partial charge in [0.05, 0.1) is 18.6 Å². The van der Waals surface area contributed by atoms with Crippen molar-refractivity contribution in [3.8, 4) is 5.75 Å². The fourth-order valence-electron chi connectivity index (χ4n) is 3.70. The monoisotopic (exact) mass is 487 g/mol. The SMILES string of the molecule is COc1c(NC(=O)c2ccc(CS(C)(=O)=O)cc2)cc(N2CCC(=O)NC2=O)cc1C(C)(C)C. The average Bonchev–Trinajstić information content (AvgIpc) is 2.72. The van der Waals surface area contributed by atoms with Crippen LogP contribution in [0.3, 0.4) is 0 Å². The van der Waals surface area contributed by atoms with E-state index in [0.29, 0.717) is 28.3 Å². The molecule has 0 aromatic heterocycles. The number of hydrogen-bond donors (Lipinski definition) is 2. The van der Waals surface area contributed by atoms with Gasteiger partial charge in [0.2, 0.25) is 5.91 Å². The van der Waals surface area contributed by atoms with Gasteiger partial charge < -0.3 is 10.1 Å². The number of carbonyl (C=O) groups excluding carboxylic acids is 3. The largest absolute Gasteiger partial charge is 0.494 e. The second-order valence-electron chi connectivity index (χ2n) is 9.30. The molecule has 34 heavy (non-hydrogen) atoms. The Kier molecular flexibility index (Phi) is 7.02. The maximum absolute atomic E-state index is 13.0. The summed E-state index contributed by atoms with van der Waals surface area (Å²) in [6, 6.07) is 9.24. The number of hydrogen-bond acceptors (Lipinski definition) is 6. The zero-order valence-electron chi connectivity index (χ0n) is 19.9. The number of rotatable bonds is 6. The van der Waals surface area contributed by atoms with E-state index in [-0.39, 0.29) is 30.0 Å². The Bertz CT molecular complexity index is 1230. The highest BCUT2D eigenvalue weighted by atomic mass is 32.2. The molecule has 1 aliphatic rings. The molecular weight excluding hydrogens is 458 g/mol. The maximum Gasteiger partial charge on any atom is 0.328 e. The zero-order chi connectivity index (χ0) is 25.3. The van der Waals surface area contributed by atoms with Crippen LogP contribution in [0.25, 0.3) is 0 Å². The minimum Gasteiger partial charge on any atom is -0.494 e. The topological polar surface area (TPSA) is 122 Å². The average molecular weight is 488 g/mol. The molecule has 10 heteroatoms. The summed E-state index contributed by atoms with van der Waals surface area (Å²) < 4.78 is 28.7. The molecule has 2 aromatic carbocycles. The summed E-state index contributed by atoms with van der Waals surface area (Å²) in [5, 5.41) is 5.16. The van der Waals surface area contributed by atoms with E-state index in [1.807, 2.05) is 26.8 Å². The molecule has 1 heterocycles. The Balaban J connectivity index is 1.98. The van der Waals surface area contributed by atoms with Crippen LogP contribution in [0.15, 0.2) is 36.4 Å². The molecule has 9 nitrogen and oxygen atoms in total. The lowest BCUT2D eigenvalue weighted by molar-refractivity contribution is -0.120. The smallest absolute Gasteiger partial charge is 0.328 e. The van der Waals surface area contributed by atoms with Gasteiger partial charge in [-0.3, -0.25) is 19.8 Å². The summed E-state index contributed by atoms with van der Waals surface area (Å²) in [6.45, 7) is 6.18. The predicted molar refractivity (Wildman–Crippen MR) is 130 cm³/mol. The van der Waals surface area contributed by atoms with Gasteiger partial charge in [-0.25, -0.2) is 13.2 Å². The van der Waals surface area contributed by atoms with E-state index in [1.165, 1.54) is 12.0 Å². The molecule has 0 unspecified atom stereocenters. The molecule has 1 saturated heterocycles. The number of imide groups is 1. The van der Waals surface area contributed by atoms with Crippen molar-refractivity contribution in [3.05, 3.63) is 53.1 Å². The van der Waals surface area contributed by atoms with Crippen LogP contribution < -0.4 is 20.3 Å². The number of ether oxygens (including phenoxy) is 1. The number of benzene rings is 2. The molecule has 1 fully saturated rings. The van der Waals surface area contributed by atoms with Crippen LogP contribution >= 0.6 is 0 Å². The van der Waals surface area contributed by atoms with E-state index >= 15 is 0 Å². The van der Waals surface area contributed by atoms with Crippen LogP contribution in [0.1, 0.15) is 48.7 Å². The summed E-state index contributed by atoms with van der Waals surface area (Å²) in [5.74, 6) is -0.398. The molecule has 3 rings (SSSR count). The summed E-state index contributed by atoms with van der Waals surface area (Å²) >= 11 is 0. The summed E-state index contributed by atoms with van der Waals surface area (Å²) in [5.41, 5.74) is 2.21. The molecule has 0 bridgehead atoms. The number of amides is 4. The van der Waals surface area contributed by atoms with Crippen molar-refractivity contribution in [2.24, 2.45) is 0 Å². The second kappa shape index (κ2) is 9.46. The van der Waals surface area contributed by atoms with Crippen molar-refractivity contribution in [1.82, 2.24) is 5.32 Å². The fourth-order valence-corrected chi connectivity index (χ4v) is 4.50. The van der Waals surface area contributed by atoms with Gasteiger partial charge in [-0.15, -0.1) is 0 Å². The molecule has 0 atom stereocenters. The van der Waals surface area contributed by atoms with Gasteiger partial charge in [-0.05, 0) is 35.2 Å². The van der Waals surface area contributed by atoms with E-state index in [2.05, 4.69) is 10.6 Å². The first kappa shape index (κ1) is 25.2. The first-order valence-electron chi connectivity index (χ1n) is 10.7. The van der Waals surface area contributed by atoms with Crippen molar-refractivity contribution in [3.63, 3.8) is 0 Å². The Morgan fingerprint density at radius 1 is 1.15 bits per heavy atom. The molecule has 2 N–H and O–H groups in total. The molecule has 4 amide bonds. The Hall–Kier alpha value is -3.40. The van der Waals surface area contributed by atoms with Crippen LogP contribution in [-0.2, 0) is 25.8 Å². The van der Waals surface area contributed by atoms with Crippen LogP contribution in [0.4, 0.5) is 16.2 Å². The van der Waals surface area contributed by atoms with Gasteiger partial charge in [0, 0.05) is 36.0 Å². The molecule has 0 saturated carbocycles. The molecule has 0 spiro atoms. The van der Waals surface area contributed by atoms with E-state index in [0.717, 1.165) is 11.8 Å². The molecule has 0 radical (unpaired) electrons. The zero-order valence-corrected chi connectivity index (χ0v) is 20.7. The third-order valence-electron chi connectivity index (χ3n) is 5.34. The second-order valence-corrected chi connectivity index (χ2v) is 11.4. The van der Waals surface area contributed by atoms with Crippen molar-refractivity contribution in [1.29, 1.82) is 0 Å². The first-order chi connectivity index (χ1) is 15.8. The minimum atomic E-state index is -3.19. The van der Waals surface area contributed by atoms with E-state index < -0.39 is 21.8 Å². The normalized spacial score (nSPS) is 14.6. The Morgan fingerprint density at radius 2 is 1.79 bits per heavy atom. The minimum absolute atomic E-state index is 0.111. The molecule has 0 aliphatic carbocycles. The fraction of sp³-hybridized carbons (Fsp3) is 0.375. The van der Waals surface area contributed by atoms with E-state index in [4.69, 9.17) is 4.74 Å². The highest BCUT2D eigenvalue weighted by Gasteiger charge is 2.29. The van der Waals surface area contributed by atoms with Gasteiger partial charge in [-0.1, -0.05) is 32.9 Å². The molecule has 182 valence electrons. The molecular formula is C24H29N3O6S. The standard InChI is InChI=1S/C24H29N3O6S/c1-24(2,3)18-12-17(27-11-10-20(28)26-23(27)30)13-19(21(18)33-4)25-22(29)16-8-6-15(7-9-16)14-34(5,31)32/h6-9,12-13H,10-11,14H2,1-5H3,(H,25,29)(H,26,28,30). The summed E-state index contributed by atoms with van der Waals surface area (Å²) in [7, 11) is -1.68. The van der Waals surface area contributed by atoms with Crippen molar-refractivity contribution in [2.75, 3.05) is 30.1 Å². The quantitative estimate of drug-likeness (QED) is 0.645. The van der Waals surface area contributed by atoms with Crippen LogP contribution in [0.2, 0.25) is 0 Å². The third kappa shape index (κ3) is 5.93. The predicted octanol–water partition coefficient (Wildman–Crippen LogP) is 3.24. The number of anilines is 2. The number of carbonyl (C=O) groups is 3. The Morgan fingerprint density at radius 3 is 2.32 bits per heavy atom. The highest BCUT2D eigenvalue weighted by molar-refractivity contribution is 7.89. The Labute approximate surface area is 199 Å². The molecule has 1 aliphatic heterocycles. The van der Waals surface area contributed by atoms with Gasteiger partial charge >= 0.3 is 6.03 Å². The maximum atomic E-state index is 13.0. The molecule has 2 aromatic rings.